The Labute approximate surface area is 173 Å². The molecule has 3 aromatic heterocycles. The Bertz CT molecular complexity index is 1140. The second kappa shape index (κ2) is 8.95. The van der Waals surface area contributed by atoms with Crippen molar-refractivity contribution in [2.75, 3.05) is 5.32 Å². The van der Waals surface area contributed by atoms with E-state index in [1.165, 1.54) is 0 Å². The van der Waals surface area contributed by atoms with Crippen LogP contribution in [0.1, 0.15) is 27.4 Å². The molecule has 0 saturated heterocycles. The molecule has 30 heavy (non-hydrogen) atoms. The molecule has 0 atom stereocenters. The Morgan fingerprint density at radius 2 is 1.87 bits per heavy atom. The number of rotatable bonds is 7. The average Bonchev–Trinajstić information content (AvgIpc) is 3.26. The number of anilines is 1. The van der Waals surface area contributed by atoms with E-state index in [1.54, 1.807) is 24.7 Å². The van der Waals surface area contributed by atoms with Crippen molar-refractivity contribution in [1.82, 2.24) is 30.5 Å². The van der Waals surface area contributed by atoms with Crippen LogP contribution in [0.2, 0.25) is 0 Å². The highest BCUT2D eigenvalue weighted by Gasteiger charge is 2.08. The van der Waals surface area contributed by atoms with Crippen molar-refractivity contribution in [3.05, 3.63) is 89.8 Å². The van der Waals surface area contributed by atoms with Gasteiger partial charge < -0.3 is 15.6 Å². The van der Waals surface area contributed by atoms with Crippen LogP contribution < -0.4 is 10.6 Å². The van der Waals surface area contributed by atoms with Crippen molar-refractivity contribution >= 4 is 11.6 Å². The first-order valence-electron chi connectivity index (χ1n) is 9.53. The summed E-state index contributed by atoms with van der Waals surface area (Å²) in [6.07, 6.45) is 5.16. The highest BCUT2D eigenvalue weighted by molar-refractivity contribution is 5.95. The Morgan fingerprint density at radius 3 is 2.70 bits per heavy atom. The molecule has 8 heteroatoms. The summed E-state index contributed by atoms with van der Waals surface area (Å²) in [5, 5.41) is 14.5. The van der Waals surface area contributed by atoms with Gasteiger partial charge in [-0.3, -0.25) is 14.8 Å². The van der Waals surface area contributed by atoms with Crippen LogP contribution in [0.25, 0.3) is 11.4 Å². The van der Waals surface area contributed by atoms with Gasteiger partial charge in [0.1, 0.15) is 5.82 Å². The molecule has 1 aromatic carbocycles. The first-order valence-corrected chi connectivity index (χ1v) is 9.53. The third kappa shape index (κ3) is 4.85. The maximum Gasteiger partial charge on any atom is 0.251 e. The summed E-state index contributed by atoms with van der Waals surface area (Å²) in [6, 6.07) is 14.9. The quantitative estimate of drug-likeness (QED) is 0.441. The van der Waals surface area contributed by atoms with E-state index < -0.39 is 0 Å². The Balaban J connectivity index is 1.35. The molecule has 0 unspecified atom stereocenters. The predicted molar refractivity (Wildman–Crippen MR) is 114 cm³/mol. The number of carbonyl (C=O) groups is 1. The smallest absolute Gasteiger partial charge is 0.251 e. The lowest BCUT2D eigenvalue weighted by Crippen LogP contribution is -2.23. The summed E-state index contributed by atoms with van der Waals surface area (Å²) >= 11 is 0. The second-order valence-corrected chi connectivity index (χ2v) is 6.78. The fraction of sp³-hybridized carbons (Fsp3) is 0.136. The SMILES string of the molecule is Cc1cc(CNC(=O)c2cccc(NCc3nnc(-c4ccncc4)[nH]3)c2)ccn1. The number of amides is 1. The van der Waals surface area contributed by atoms with Crippen LogP contribution in [0.15, 0.2) is 67.1 Å². The number of aromatic nitrogens is 5. The van der Waals surface area contributed by atoms with Gasteiger partial charge in [-0.15, -0.1) is 10.2 Å². The summed E-state index contributed by atoms with van der Waals surface area (Å²) in [6.45, 7) is 2.84. The highest BCUT2D eigenvalue weighted by atomic mass is 16.1. The number of nitrogens with one attached hydrogen (secondary N) is 3. The van der Waals surface area contributed by atoms with Crippen LogP contribution in [0, 0.1) is 6.92 Å². The number of hydrogen-bond acceptors (Lipinski definition) is 6. The van der Waals surface area contributed by atoms with Gasteiger partial charge in [0.2, 0.25) is 0 Å². The predicted octanol–water partition coefficient (Wildman–Crippen LogP) is 3.11. The molecule has 0 aliphatic rings. The highest BCUT2D eigenvalue weighted by Crippen LogP contribution is 2.15. The summed E-state index contributed by atoms with van der Waals surface area (Å²) < 4.78 is 0. The Morgan fingerprint density at radius 1 is 1.00 bits per heavy atom. The van der Waals surface area contributed by atoms with Crippen molar-refractivity contribution < 1.29 is 4.79 Å². The van der Waals surface area contributed by atoms with Gasteiger partial charge in [-0.1, -0.05) is 6.07 Å². The van der Waals surface area contributed by atoms with Gasteiger partial charge in [0.05, 0.1) is 6.54 Å². The minimum atomic E-state index is -0.132. The van der Waals surface area contributed by atoms with E-state index in [4.69, 9.17) is 0 Å². The fourth-order valence-electron chi connectivity index (χ4n) is 2.97. The zero-order chi connectivity index (χ0) is 20.8. The molecule has 0 bridgehead atoms. The van der Waals surface area contributed by atoms with Crippen molar-refractivity contribution in [2.24, 2.45) is 0 Å². The first kappa shape index (κ1) is 19.3. The van der Waals surface area contributed by atoms with Gasteiger partial charge >= 0.3 is 0 Å². The van der Waals surface area contributed by atoms with E-state index in [0.29, 0.717) is 30.3 Å². The molecule has 0 saturated carbocycles. The molecule has 4 aromatic rings. The minimum absolute atomic E-state index is 0.132. The van der Waals surface area contributed by atoms with Crippen LogP contribution in [-0.4, -0.2) is 31.1 Å². The number of nitrogens with zero attached hydrogens (tertiary/aromatic N) is 4. The van der Waals surface area contributed by atoms with Gasteiger partial charge in [-0.2, -0.15) is 0 Å². The van der Waals surface area contributed by atoms with E-state index in [9.17, 15) is 4.79 Å². The molecule has 8 nitrogen and oxygen atoms in total. The zero-order valence-electron chi connectivity index (χ0n) is 16.5. The summed E-state index contributed by atoms with van der Waals surface area (Å²) in [5.74, 6) is 1.26. The van der Waals surface area contributed by atoms with Gasteiger partial charge in [0.25, 0.3) is 5.91 Å². The van der Waals surface area contributed by atoms with Crippen LogP contribution in [-0.2, 0) is 13.1 Å². The van der Waals surface area contributed by atoms with E-state index in [1.807, 2.05) is 49.4 Å². The molecular formula is C22H21N7O. The molecule has 0 radical (unpaired) electrons. The molecule has 0 spiro atoms. The van der Waals surface area contributed by atoms with E-state index in [2.05, 4.69) is 35.8 Å². The van der Waals surface area contributed by atoms with Gasteiger partial charge in [-0.25, -0.2) is 0 Å². The van der Waals surface area contributed by atoms with Crippen molar-refractivity contribution in [3.63, 3.8) is 0 Å². The number of hydrogen-bond donors (Lipinski definition) is 3. The average molecular weight is 399 g/mol. The van der Waals surface area contributed by atoms with Crippen molar-refractivity contribution in [2.45, 2.75) is 20.0 Å². The number of pyridine rings is 2. The van der Waals surface area contributed by atoms with Crippen molar-refractivity contribution in [1.29, 1.82) is 0 Å². The van der Waals surface area contributed by atoms with E-state index >= 15 is 0 Å². The van der Waals surface area contributed by atoms with Crippen LogP contribution in [0.4, 0.5) is 5.69 Å². The second-order valence-electron chi connectivity index (χ2n) is 6.78. The third-order valence-corrected chi connectivity index (χ3v) is 4.49. The third-order valence-electron chi connectivity index (χ3n) is 4.49. The van der Waals surface area contributed by atoms with E-state index in [0.717, 1.165) is 22.5 Å². The summed E-state index contributed by atoms with van der Waals surface area (Å²) in [5.41, 5.74) is 4.27. The number of carbonyl (C=O) groups excluding carboxylic acids is 1. The first-order chi connectivity index (χ1) is 14.7. The number of aromatic amines is 1. The largest absolute Gasteiger partial charge is 0.378 e. The van der Waals surface area contributed by atoms with Crippen molar-refractivity contribution in [3.8, 4) is 11.4 Å². The Kier molecular flexibility index (Phi) is 5.75. The van der Waals surface area contributed by atoms with E-state index in [-0.39, 0.29) is 5.91 Å². The number of H-pyrrole nitrogens is 1. The lowest BCUT2D eigenvalue weighted by molar-refractivity contribution is 0.0951. The maximum atomic E-state index is 12.5. The molecule has 3 N–H and O–H groups in total. The number of benzene rings is 1. The van der Waals surface area contributed by atoms with Gasteiger partial charge in [0, 0.05) is 47.6 Å². The minimum Gasteiger partial charge on any atom is -0.378 e. The zero-order valence-corrected chi connectivity index (χ0v) is 16.5. The number of aryl methyl sites for hydroxylation is 1. The monoisotopic (exact) mass is 399 g/mol. The Hall–Kier alpha value is -4.07. The molecule has 0 aliphatic heterocycles. The summed E-state index contributed by atoms with van der Waals surface area (Å²) in [7, 11) is 0. The molecule has 3 heterocycles. The van der Waals surface area contributed by atoms with Crippen LogP contribution >= 0.6 is 0 Å². The topological polar surface area (TPSA) is 108 Å². The normalized spacial score (nSPS) is 10.6. The van der Waals surface area contributed by atoms with Crippen LogP contribution in [0.3, 0.4) is 0 Å². The maximum absolute atomic E-state index is 12.5. The fourth-order valence-corrected chi connectivity index (χ4v) is 2.97. The molecule has 0 fully saturated rings. The van der Waals surface area contributed by atoms with Gasteiger partial charge in [-0.05, 0) is 55.0 Å². The van der Waals surface area contributed by atoms with Crippen LogP contribution in [0.5, 0.6) is 0 Å². The lowest BCUT2D eigenvalue weighted by atomic mass is 10.1. The summed E-state index contributed by atoms with van der Waals surface area (Å²) in [4.78, 5) is 23.8. The standard InChI is InChI=1S/C22H21N7O/c1-15-11-16(5-10-24-15)13-26-22(30)18-3-2-4-19(12-18)25-14-20-27-21(29-28-20)17-6-8-23-9-7-17/h2-12,25H,13-14H2,1H3,(H,26,30)(H,27,28,29). The molecule has 150 valence electrons. The molecule has 4 rings (SSSR count). The molecular weight excluding hydrogens is 378 g/mol. The lowest BCUT2D eigenvalue weighted by Gasteiger charge is -2.08. The molecule has 1 amide bonds. The molecule has 0 aliphatic carbocycles. The van der Waals surface area contributed by atoms with Gasteiger partial charge in [0.15, 0.2) is 5.82 Å².